The molecule has 3 aromatic rings. The first-order chi connectivity index (χ1) is 14.5. The first kappa shape index (κ1) is 19.6. The van der Waals surface area contributed by atoms with Crippen molar-refractivity contribution in [3.8, 4) is 5.88 Å². The summed E-state index contributed by atoms with van der Waals surface area (Å²) >= 11 is 0. The van der Waals surface area contributed by atoms with E-state index in [1.165, 1.54) is 6.92 Å². The second kappa shape index (κ2) is 8.36. The maximum absolute atomic E-state index is 13.1. The van der Waals surface area contributed by atoms with Crippen molar-refractivity contribution in [3.63, 3.8) is 0 Å². The van der Waals surface area contributed by atoms with Crippen LogP contribution in [0.2, 0.25) is 0 Å². The first-order valence-electron chi connectivity index (χ1n) is 9.75. The summed E-state index contributed by atoms with van der Waals surface area (Å²) in [5.41, 5.74) is 4.09. The minimum absolute atomic E-state index is 0.0756. The molecular weight excluding hydrogens is 382 g/mol. The number of carbonyl (C=O) groups is 2. The average molecular weight is 405 g/mol. The third-order valence-electron chi connectivity index (χ3n) is 5.04. The number of aryl methyl sites for hydroxylation is 1. The minimum atomic E-state index is -0.171. The van der Waals surface area contributed by atoms with Crippen molar-refractivity contribution in [1.82, 2.24) is 19.7 Å². The van der Waals surface area contributed by atoms with Gasteiger partial charge >= 0.3 is 0 Å². The van der Waals surface area contributed by atoms with Crippen LogP contribution in [0.3, 0.4) is 0 Å². The fraction of sp³-hybridized carbons (Fsp3) is 0.273. The topological polar surface area (TPSA) is 89.3 Å². The van der Waals surface area contributed by atoms with Crippen molar-refractivity contribution < 1.29 is 14.3 Å². The van der Waals surface area contributed by atoms with Crippen LogP contribution in [-0.4, -0.2) is 38.0 Å². The Morgan fingerprint density at radius 3 is 2.83 bits per heavy atom. The number of rotatable bonds is 5. The van der Waals surface area contributed by atoms with Gasteiger partial charge in [0.05, 0.1) is 0 Å². The number of hydrogen-bond donors (Lipinski definition) is 1. The van der Waals surface area contributed by atoms with Gasteiger partial charge < -0.3 is 15.0 Å². The normalized spacial score (nSPS) is 12.9. The molecule has 8 heteroatoms. The Bertz CT molecular complexity index is 1080. The molecule has 8 nitrogen and oxygen atoms in total. The van der Waals surface area contributed by atoms with E-state index in [-0.39, 0.29) is 11.8 Å². The first-order valence-corrected chi connectivity index (χ1v) is 9.75. The van der Waals surface area contributed by atoms with Gasteiger partial charge in [-0.3, -0.25) is 14.3 Å². The van der Waals surface area contributed by atoms with E-state index in [9.17, 15) is 9.59 Å². The fourth-order valence-corrected chi connectivity index (χ4v) is 3.65. The molecule has 0 fully saturated rings. The van der Waals surface area contributed by atoms with E-state index >= 15 is 0 Å². The van der Waals surface area contributed by atoms with Gasteiger partial charge in [0.2, 0.25) is 11.8 Å². The number of nitrogens with zero attached hydrogens (tertiary/aromatic N) is 4. The van der Waals surface area contributed by atoms with Gasteiger partial charge in [-0.25, -0.2) is 4.98 Å². The summed E-state index contributed by atoms with van der Waals surface area (Å²) in [5, 5.41) is 7.32. The van der Waals surface area contributed by atoms with E-state index in [1.54, 1.807) is 41.4 Å². The van der Waals surface area contributed by atoms with Gasteiger partial charge in [-0.15, -0.1) is 0 Å². The number of pyridine rings is 1. The summed E-state index contributed by atoms with van der Waals surface area (Å²) in [6, 6.07) is 12.5. The zero-order valence-corrected chi connectivity index (χ0v) is 17.0. The fourth-order valence-electron chi connectivity index (χ4n) is 3.65. The summed E-state index contributed by atoms with van der Waals surface area (Å²) < 4.78 is 7.64. The van der Waals surface area contributed by atoms with Crippen molar-refractivity contribution in [2.45, 2.75) is 26.5 Å². The lowest BCUT2D eigenvalue weighted by Gasteiger charge is -2.28. The molecule has 3 heterocycles. The van der Waals surface area contributed by atoms with Crippen LogP contribution in [0.15, 0.2) is 48.7 Å². The number of fused-ring (bicyclic) bond motifs is 1. The third kappa shape index (κ3) is 4.17. The van der Waals surface area contributed by atoms with Gasteiger partial charge in [0, 0.05) is 68.3 Å². The SMILES string of the molecule is CC(=O)Nc1cccc(C(=O)N2CCc3c(c(COc4ccccn4)nn3C)C2)c1. The number of carbonyl (C=O) groups excluding carboxylic acids is 2. The van der Waals surface area contributed by atoms with Crippen molar-refractivity contribution in [3.05, 3.63) is 71.2 Å². The molecule has 30 heavy (non-hydrogen) atoms. The summed E-state index contributed by atoms with van der Waals surface area (Å²) in [4.78, 5) is 30.4. The summed E-state index contributed by atoms with van der Waals surface area (Å²) in [5.74, 6) is 0.291. The van der Waals surface area contributed by atoms with Crippen LogP contribution in [-0.2, 0) is 31.4 Å². The number of amides is 2. The predicted octanol–water partition coefficient (Wildman–Crippen LogP) is 2.55. The van der Waals surface area contributed by atoms with E-state index in [2.05, 4.69) is 15.4 Å². The second-order valence-corrected chi connectivity index (χ2v) is 7.19. The lowest BCUT2D eigenvalue weighted by atomic mass is 10.0. The number of ether oxygens (including phenoxy) is 1. The Balaban J connectivity index is 1.51. The molecule has 2 amide bonds. The van der Waals surface area contributed by atoms with Crippen molar-refractivity contribution in [2.75, 3.05) is 11.9 Å². The van der Waals surface area contributed by atoms with E-state index in [4.69, 9.17) is 4.74 Å². The highest BCUT2D eigenvalue weighted by Crippen LogP contribution is 2.25. The van der Waals surface area contributed by atoms with E-state index in [0.717, 1.165) is 23.4 Å². The highest BCUT2D eigenvalue weighted by Gasteiger charge is 2.27. The lowest BCUT2D eigenvalue weighted by molar-refractivity contribution is -0.114. The van der Waals surface area contributed by atoms with Crippen molar-refractivity contribution in [1.29, 1.82) is 0 Å². The molecule has 0 atom stereocenters. The van der Waals surface area contributed by atoms with Crippen LogP contribution in [0.4, 0.5) is 5.69 Å². The van der Waals surface area contributed by atoms with Crippen LogP contribution in [0, 0.1) is 0 Å². The van der Waals surface area contributed by atoms with Gasteiger partial charge in [0.1, 0.15) is 12.3 Å². The molecule has 1 N–H and O–H groups in total. The second-order valence-electron chi connectivity index (χ2n) is 7.19. The Kier molecular flexibility index (Phi) is 5.47. The molecule has 0 radical (unpaired) electrons. The predicted molar refractivity (Wildman–Crippen MR) is 111 cm³/mol. The Morgan fingerprint density at radius 1 is 1.20 bits per heavy atom. The van der Waals surface area contributed by atoms with Crippen LogP contribution in [0.1, 0.15) is 34.2 Å². The van der Waals surface area contributed by atoms with Crippen LogP contribution >= 0.6 is 0 Å². The molecule has 2 aromatic heterocycles. The maximum Gasteiger partial charge on any atom is 0.254 e. The molecule has 154 valence electrons. The highest BCUT2D eigenvalue weighted by atomic mass is 16.5. The zero-order chi connectivity index (χ0) is 21.1. The highest BCUT2D eigenvalue weighted by molar-refractivity contribution is 5.96. The van der Waals surface area contributed by atoms with Gasteiger partial charge in [-0.05, 0) is 24.3 Å². The molecule has 1 aromatic carbocycles. The Morgan fingerprint density at radius 2 is 2.07 bits per heavy atom. The number of benzene rings is 1. The largest absolute Gasteiger partial charge is 0.471 e. The molecule has 4 rings (SSSR count). The Labute approximate surface area is 174 Å². The smallest absolute Gasteiger partial charge is 0.254 e. The van der Waals surface area contributed by atoms with Gasteiger partial charge in [0.25, 0.3) is 5.91 Å². The van der Waals surface area contributed by atoms with Crippen molar-refractivity contribution >= 4 is 17.5 Å². The molecule has 1 aliphatic rings. The van der Waals surface area contributed by atoms with Crippen LogP contribution < -0.4 is 10.1 Å². The number of aromatic nitrogens is 3. The van der Waals surface area contributed by atoms with Gasteiger partial charge in [0.15, 0.2) is 0 Å². The van der Waals surface area contributed by atoms with Gasteiger partial charge in [-0.2, -0.15) is 5.10 Å². The quantitative estimate of drug-likeness (QED) is 0.705. The average Bonchev–Trinajstić information content (AvgIpc) is 3.07. The van der Waals surface area contributed by atoms with Gasteiger partial charge in [-0.1, -0.05) is 12.1 Å². The van der Waals surface area contributed by atoms with Crippen LogP contribution in [0.5, 0.6) is 5.88 Å². The summed E-state index contributed by atoms with van der Waals surface area (Å²) in [6.45, 7) is 2.81. The van der Waals surface area contributed by atoms with E-state index in [0.29, 0.717) is 36.8 Å². The molecule has 0 bridgehead atoms. The van der Waals surface area contributed by atoms with Crippen LogP contribution in [0.25, 0.3) is 0 Å². The summed E-state index contributed by atoms with van der Waals surface area (Å²) in [6.07, 6.45) is 2.40. The minimum Gasteiger partial charge on any atom is -0.471 e. The molecule has 0 aliphatic carbocycles. The Hall–Kier alpha value is -3.68. The molecule has 0 saturated carbocycles. The molecule has 0 saturated heterocycles. The third-order valence-corrected chi connectivity index (χ3v) is 5.04. The van der Waals surface area contributed by atoms with Crippen molar-refractivity contribution in [2.24, 2.45) is 7.05 Å². The molecular formula is C22H23N5O3. The van der Waals surface area contributed by atoms with E-state index in [1.807, 2.05) is 23.9 Å². The number of nitrogens with one attached hydrogen (secondary N) is 1. The molecule has 1 aliphatic heterocycles. The number of anilines is 1. The maximum atomic E-state index is 13.1. The lowest BCUT2D eigenvalue weighted by Crippen LogP contribution is -2.36. The molecule has 0 spiro atoms. The van der Waals surface area contributed by atoms with E-state index < -0.39 is 0 Å². The number of hydrogen-bond acceptors (Lipinski definition) is 5. The molecule has 0 unspecified atom stereocenters. The zero-order valence-electron chi connectivity index (χ0n) is 17.0. The standard InChI is InChI=1S/C22H23N5O3/c1-15(28)24-17-7-5-6-16(12-17)22(29)27-11-9-20-18(13-27)19(25-26(20)2)14-30-21-8-3-4-10-23-21/h3-8,10,12H,9,11,13-14H2,1-2H3,(H,24,28). The summed E-state index contributed by atoms with van der Waals surface area (Å²) in [7, 11) is 1.91. The monoisotopic (exact) mass is 405 g/mol.